The van der Waals surface area contributed by atoms with Crippen LogP contribution in [0.4, 0.5) is 0 Å². The third-order valence-corrected chi connectivity index (χ3v) is 3.08. The fourth-order valence-electron chi connectivity index (χ4n) is 2.00. The summed E-state index contributed by atoms with van der Waals surface area (Å²) in [6.07, 6.45) is 1.17. The summed E-state index contributed by atoms with van der Waals surface area (Å²) in [7, 11) is 3.54. The van der Waals surface area contributed by atoms with Crippen molar-refractivity contribution in [3.63, 3.8) is 0 Å². The SMILES string of the molecule is CCC(C)C(NC)C(CC(=O)OC(C)(C)C)OC.Cl. The lowest BCUT2D eigenvalue weighted by Gasteiger charge is -2.30. The Morgan fingerprint density at radius 2 is 1.84 bits per heavy atom. The molecule has 1 N–H and O–H groups in total. The molecule has 0 radical (unpaired) electrons. The van der Waals surface area contributed by atoms with Crippen LogP contribution in [0.3, 0.4) is 0 Å². The van der Waals surface area contributed by atoms with Crippen LogP contribution in [0.1, 0.15) is 47.5 Å². The first-order valence-corrected chi connectivity index (χ1v) is 6.67. The normalized spacial score (nSPS) is 16.2. The van der Waals surface area contributed by atoms with Crippen LogP contribution in [-0.4, -0.2) is 37.9 Å². The Hall–Kier alpha value is -0.320. The largest absolute Gasteiger partial charge is 0.460 e. The summed E-state index contributed by atoms with van der Waals surface area (Å²) >= 11 is 0. The highest BCUT2D eigenvalue weighted by Crippen LogP contribution is 2.18. The van der Waals surface area contributed by atoms with E-state index in [1.807, 2.05) is 27.8 Å². The number of nitrogens with one attached hydrogen (secondary N) is 1. The Bertz CT molecular complexity index is 254. The maximum Gasteiger partial charge on any atom is 0.309 e. The number of esters is 1. The zero-order valence-corrected chi connectivity index (χ0v) is 14.1. The highest BCUT2D eigenvalue weighted by molar-refractivity contribution is 5.85. The first-order valence-electron chi connectivity index (χ1n) is 6.67. The van der Waals surface area contributed by atoms with Gasteiger partial charge in [-0.15, -0.1) is 12.4 Å². The molecule has 3 atom stereocenters. The number of carbonyl (C=O) groups excluding carboxylic acids is 1. The van der Waals surface area contributed by atoms with Crippen molar-refractivity contribution in [3.8, 4) is 0 Å². The molecule has 0 aliphatic carbocycles. The van der Waals surface area contributed by atoms with E-state index in [1.54, 1.807) is 7.11 Å². The van der Waals surface area contributed by atoms with Crippen LogP contribution in [0.2, 0.25) is 0 Å². The van der Waals surface area contributed by atoms with Crippen molar-refractivity contribution in [2.45, 2.75) is 65.2 Å². The summed E-state index contributed by atoms with van der Waals surface area (Å²) in [5.74, 6) is 0.236. The third-order valence-electron chi connectivity index (χ3n) is 3.08. The van der Waals surface area contributed by atoms with Crippen molar-refractivity contribution in [2.75, 3.05) is 14.2 Å². The van der Waals surface area contributed by atoms with E-state index in [9.17, 15) is 4.79 Å². The van der Waals surface area contributed by atoms with Gasteiger partial charge in [0.05, 0.1) is 12.5 Å². The Labute approximate surface area is 124 Å². The molecule has 0 bridgehead atoms. The van der Waals surface area contributed by atoms with E-state index in [2.05, 4.69) is 19.2 Å². The van der Waals surface area contributed by atoms with E-state index in [0.29, 0.717) is 5.92 Å². The number of methoxy groups -OCH3 is 1. The molecule has 0 spiro atoms. The fraction of sp³-hybridized carbons (Fsp3) is 0.929. The van der Waals surface area contributed by atoms with Crippen LogP contribution >= 0.6 is 12.4 Å². The lowest BCUT2D eigenvalue weighted by Crippen LogP contribution is -2.45. The van der Waals surface area contributed by atoms with Gasteiger partial charge < -0.3 is 14.8 Å². The number of carbonyl (C=O) groups is 1. The maximum absolute atomic E-state index is 11.8. The Kier molecular flexibility index (Phi) is 10.6. The topological polar surface area (TPSA) is 47.6 Å². The third kappa shape index (κ3) is 8.45. The Morgan fingerprint density at radius 1 is 1.32 bits per heavy atom. The molecule has 116 valence electrons. The zero-order chi connectivity index (χ0) is 14.3. The minimum absolute atomic E-state index is 0. The Morgan fingerprint density at radius 3 is 2.16 bits per heavy atom. The predicted octanol–water partition coefficient (Wildman–Crippen LogP) is 2.79. The van der Waals surface area contributed by atoms with Crippen LogP contribution in [0.25, 0.3) is 0 Å². The number of halogens is 1. The first-order chi connectivity index (χ1) is 8.25. The molecule has 0 aromatic heterocycles. The molecule has 0 aromatic carbocycles. The summed E-state index contributed by atoms with van der Waals surface area (Å²) in [5.41, 5.74) is -0.444. The molecule has 0 rings (SSSR count). The lowest BCUT2D eigenvalue weighted by molar-refractivity contribution is -0.158. The summed E-state index contributed by atoms with van der Waals surface area (Å²) in [4.78, 5) is 11.8. The van der Waals surface area contributed by atoms with Crippen LogP contribution in [0.15, 0.2) is 0 Å². The second kappa shape index (κ2) is 9.56. The lowest BCUT2D eigenvalue weighted by atomic mass is 9.92. The molecule has 0 aliphatic rings. The van der Waals surface area contributed by atoms with Crippen molar-refractivity contribution < 1.29 is 14.3 Å². The zero-order valence-electron chi connectivity index (χ0n) is 13.3. The van der Waals surface area contributed by atoms with Crippen LogP contribution in [-0.2, 0) is 14.3 Å². The quantitative estimate of drug-likeness (QED) is 0.734. The molecule has 0 saturated carbocycles. The van der Waals surface area contributed by atoms with Crippen LogP contribution in [0, 0.1) is 5.92 Å². The number of hydrogen-bond acceptors (Lipinski definition) is 4. The molecule has 0 aliphatic heterocycles. The molecule has 0 saturated heterocycles. The Balaban J connectivity index is 0. The standard InChI is InChI=1S/C14H29NO3.ClH/c1-8-10(2)13(15-6)11(17-7)9-12(16)18-14(3,4)5;/h10-11,13,15H,8-9H2,1-7H3;1H. The van der Waals surface area contributed by atoms with Gasteiger partial charge in [0.2, 0.25) is 0 Å². The fourth-order valence-corrected chi connectivity index (χ4v) is 2.00. The van der Waals surface area contributed by atoms with Crippen molar-refractivity contribution in [3.05, 3.63) is 0 Å². The smallest absolute Gasteiger partial charge is 0.309 e. The molecular weight excluding hydrogens is 266 g/mol. The first kappa shape index (κ1) is 21.0. The van der Waals surface area contributed by atoms with Crippen LogP contribution in [0.5, 0.6) is 0 Å². The van der Waals surface area contributed by atoms with Gasteiger partial charge in [-0.2, -0.15) is 0 Å². The van der Waals surface area contributed by atoms with E-state index in [0.717, 1.165) is 6.42 Å². The van der Waals surface area contributed by atoms with Crippen molar-refractivity contribution in [2.24, 2.45) is 5.92 Å². The second-order valence-corrected chi connectivity index (χ2v) is 5.76. The number of hydrogen-bond donors (Lipinski definition) is 1. The summed E-state index contributed by atoms with van der Waals surface area (Å²) in [6, 6.07) is 0.160. The molecule has 0 amide bonds. The van der Waals surface area contributed by atoms with Gasteiger partial charge in [-0.3, -0.25) is 4.79 Å². The molecule has 0 fully saturated rings. The molecule has 3 unspecified atom stereocenters. The second-order valence-electron chi connectivity index (χ2n) is 5.76. The molecule has 4 nitrogen and oxygen atoms in total. The highest BCUT2D eigenvalue weighted by Gasteiger charge is 2.28. The van der Waals surface area contributed by atoms with Gasteiger partial charge in [0.15, 0.2) is 0 Å². The van der Waals surface area contributed by atoms with Gasteiger partial charge in [0.1, 0.15) is 5.60 Å². The van der Waals surface area contributed by atoms with E-state index >= 15 is 0 Å². The van der Waals surface area contributed by atoms with Gasteiger partial charge >= 0.3 is 5.97 Å². The van der Waals surface area contributed by atoms with E-state index in [1.165, 1.54) is 0 Å². The van der Waals surface area contributed by atoms with Crippen molar-refractivity contribution >= 4 is 18.4 Å². The van der Waals surface area contributed by atoms with Gasteiger partial charge in [0.25, 0.3) is 0 Å². The van der Waals surface area contributed by atoms with E-state index in [-0.39, 0.29) is 36.9 Å². The molecule has 5 heteroatoms. The number of ether oxygens (including phenoxy) is 2. The molecule has 0 heterocycles. The van der Waals surface area contributed by atoms with Crippen molar-refractivity contribution in [1.29, 1.82) is 0 Å². The molecule has 0 aromatic rings. The van der Waals surface area contributed by atoms with Crippen molar-refractivity contribution in [1.82, 2.24) is 5.32 Å². The number of rotatable bonds is 7. The summed E-state index contributed by atoms with van der Waals surface area (Å²) in [5, 5.41) is 3.24. The van der Waals surface area contributed by atoms with E-state index in [4.69, 9.17) is 9.47 Å². The molecule has 19 heavy (non-hydrogen) atoms. The minimum Gasteiger partial charge on any atom is -0.460 e. The van der Waals surface area contributed by atoms with Gasteiger partial charge in [0, 0.05) is 13.2 Å². The summed E-state index contributed by atoms with van der Waals surface area (Å²) in [6.45, 7) is 9.91. The highest BCUT2D eigenvalue weighted by atomic mass is 35.5. The van der Waals surface area contributed by atoms with Gasteiger partial charge in [-0.05, 0) is 33.7 Å². The van der Waals surface area contributed by atoms with E-state index < -0.39 is 5.60 Å². The van der Waals surface area contributed by atoms with Crippen LogP contribution < -0.4 is 5.32 Å². The average molecular weight is 296 g/mol. The van der Waals surface area contributed by atoms with Gasteiger partial charge in [-0.1, -0.05) is 20.3 Å². The number of likely N-dealkylation sites (N-methyl/N-ethyl adjacent to an activating group) is 1. The average Bonchev–Trinajstić information content (AvgIpc) is 2.25. The monoisotopic (exact) mass is 295 g/mol. The van der Waals surface area contributed by atoms with Gasteiger partial charge in [-0.25, -0.2) is 0 Å². The molecular formula is C14H30ClNO3. The minimum atomic E-state index is -0.444. The summed E-state index contributed by atoms with van der Waals surface area (Å²) < 4.78 is 10.8. The maximum atomic E-state index is 11.8. The predicted molar refractivity (Wildman–Crippen MR) is 80.8 cm³/mol.